The Bertz CT molecular complexity index is 565. The van der Waals surface area contributed by atoms with Crippen LogP contribution in [-0.4, -0.2) is 46.5 Å². The van der Waals surface area contributed by atoms with Crippen molar-refractivity contribution in [3.8, 4) is 0 Å². The molecule has 0 aromatic carbocycles. The molecule has 0 spiro atoms. The summed E-state index contributed by atoms with van der Waals surface area (Å²) in [5.41, 5.74) is 2.02. The van der Waals surface area contributed by atoms with E-state index in [1.54, 1.807) is 23.6 Å². The van der Waals surface area contributed by atoms with Crippen molar-refractivity contribution in [2.24, 2.45) is 13.0 Å². The average Bonchev–Trinajstić information content (AvgIpc) is 2.81. The van der Waals surface area contributed by atoms with E-state index in [0.29, 0.717) is 38.4 Å². The third-order valence-corrected chi connectivity index (χ3v) is 3.51. The van der Waals surface area contributed by atoms with Gasteiger partial charge in [-0.2, -0.15) is 5.10 Å². The molecule has 2 heterocycles. The van der Waals surface area contributed by atoms with E-state index in [2.05, 4.69) is 5.10 Å². The number of ether oxygens (including phenoxy) is 2. The molecule has 22 heavy (non-hydrogen) atoms. The summed E-state index contributed by atoms with van der Waals surface area (Å²) in [5, 5.41) is 4.24. The first-order chi connectivity index (χ1) is 10.4. The van der Waals surface area contributed by atoms with Crippen LogP contribution in [0.5, 0.6) is 0 Å². The minimum absolute atomic E-state index is 0.290. The molecule has 0 radical (unpaired) electrons. The van der Waals surface area contributed by atoms with E-state index in [4.69, 9.17) is 9.47 Å². The fourth-order valence-electron chi connectivity index (χ4n) is 2.44. The highest BCUT2D eigenvalue weighted by Crippen LogP contribution is 2.23. The number of amides is 1. The molecule has 0 saturated heterocycles. The molecule has 0 aliphatic carbocycles. The van der Waals surface area contributed by atoms with Crippen molar-refractivity contribution in [3.63, 3.8) is 0 Å². The van der Waals surface area contributed by atoms with Crippen molar-refractivity contribution in [2.75, 3.05) is 19.8 Å². The van der Waals surface area contributed by atoms with Crippen LogP contribution in [0.4, 0.5) is 4.79 Å². The van der Waals surface area contributed by atoms with Gasteiger partial charge in [-0.1, -0.05) is 13.8 Å². The summed E-state index contributed by atoms with van der Waals surface area (Å²) in [6.45, 7) is 7.30. The minimum Gasteiger partial charge on any atom is -0.461 e. The summed E-state index contributed by atoms with van der Waals surface area (Å²) in [6.07, 6.45) is 0.299. The zero-order valence-corrected chi connectivity index (χ0v) is 13.6. The highest BCUT2D eigenvalue weighted by Gasteiger charge is 2.30. The summed E-state index contributed by atoms with van der Waals surface area (Å²) in [5.74, 6) is -0.158. The summed E-state index contributed by atoms with van der Waals surface area (Å²) in [7, 11) is 1.80. The second-order valence-electron chi connectivity index (χ2n) is 5.76. The van der Waals surface area contributed by atoms with Crippen molar-refractivity contribution >= 4 is 12.1 Å². The lowest BCUT2D eigenvalue weighted by Gasteiger charge is -2.27. The van der Waals surface area contributed by atoms with Gasteiger partial charge in [-0.25, -0.2) is 9.59 Å². The quantitative estimate of drug-likeness (QED) is 0.792. The topological polar surface area (TPSA) is 73.7 Å². The van der Waals surface area contributed by atoms with E-state index in [0.717, 1.165) is 11.3 Å². The van der Waals surface area contributed by atoms with Gasteiger partial charge in [0.2, 0.25) is 0 Å². The molecule has 7 heteroatoms. The number of carbonyl (C=O) groups is 2. The van der Waals surface area contributed by atoms with Crippen LogP contribution in [0, 0.1) is 5.92 Å². The van der Waals surface area contributed by atoms with E-state index in [1.165, 1.54) is 0 Å². The Labute approximate surface area is 130 Å². The van der Waals surface area contributed by atoms with E-state index in [-0.39, 0.29) is 12.0 Å². The molecule has 1 aromatic heterocycles. The SMILES string of the molecule is CCOC(=O)c1nn(C)c2c1CN(C(=O)OCC(C)C)CC2. The van der Waals surface area contributed by atoms with Gasteiger partial charge >= 0.3 is 12.1 Å². The number of fused-ring (bicyclic) bond motifs is 1. The molecule has 1 aromatic rings. The predicted molar refractivity (Wildman–Crippen MR) is 79.5 cm³/mol. The fraction of sp³-hybridized carbons (Fsp3) is 0.667. The van der Waals surface area contributed by atoms with Gasteiger partial charge in [-0.15, -0.1) is 0 Å². The van der Waals surface area contributed by atoms with Gasteiger partial charge in [-0.05, 0) is 12.8 Å². The van der Waals surface area contributed by atoms with Crippen molar-refractivity contribution < 1.29 is 19.1 Å². The van der Waals surface area contributed by atoms with Crippen molar-refractivity contribution in [2.45, 2.75) is 33.7 Å². The zero-order chi connectivity index (χ0) is 16.3. The molecule has 0 fully saturated rings. The number of hydrogen-bond acceptors (Lipinski definition) is 5. The van der Waals surface area contributed by atoms with E-state index in [1.807, 2.05) is 13.8 Å². The summed E-state index contributed by atoms with van der Waals surface area (Å²) in [4.78, 5) is 25.7. The van der Waals surface area contributed by atoms with Crippen LogP contribution in [0.15, 0.2) is 0 Å². The van der Waals surface area contributed by atoms with E-state index >= 15 is 0 Å². The van der Waals surface area contributed by atoms with Crippen LogP contribution in [0.25, 0.3) is 0 Å². The maximum atomic E-state index is 12.1. The second-order valence-corrected chi connectivity index (χ2v) is 5.76. The number of aryl methyl sites for hydroxylation is 1. The van der Waals surface area contributed by atoms with Gasteiger partial charge in [0.1, 0.15) is 0 Å². The number of nitrogens with zero attached hydrogens (tertiary/aromatic N) is 3. The Kier molecular flexibility index (Phi) is 5.05. The lowest BCUT2D eigenvalue weighted by Crippen LogP contribution is -2.37. The molecule has 1 aliphatic rings. The van der Waals surface area contributed by atoms with E-state index in [9.17, 15) is 9.59 Å². The Morgan fingerprint density at radius 3 is 2.68 bits per heavy atom. The molecule has 0 N–H and O–H groups in total. The number of rotatable bonds is 4. The molecule has 0 atom stereocenters. The molecule has 122 valence electrons. The highest BCUT2D eigenvalue weighted by atomic mass is 16.6. The Morgan fingerprint density at radius 2 is 2.05 bits per heavy atom. The number of carbonyl (C=O) groups excluding carboxylic acids is 2. The smallest absolute Gasteiger partial charge is 0.410 e. The van der Waals surface area contributed by atoms with Crippen molar-refractivity contribution in [1.82, 2.24) is 14.7 Å². The molecular weight excluding hydrogens is 286 g/mol. The van der Waals surface area contributed by atoms with Gasteiger partial charge in [0, 0.05) is 31.3 Å². The number of aromatic nitrogens is 2. The first-order valence-electron chi connectivity index (χ1n) is 7.57. The fourth-order valence-corrected chi connectivity index (χ4v) is 2.44. The first kappa shape index (κ1) is 16.3. The molecule has 0 saturated carbocycles. The van der Waals surface area contributed by atoms with Crippen molar-refractivity contribution in [1.29, 1.82) is 0 Å². The molecule has 0 bridgehead atoms. The van der Waals surface area contributed by atoms with Gasteiger partial charge < -0.3 is 14.4 Å². The molecule has 1 aliphatic heterocycles. The van der Waals surface area contributed by atoms with Gasteiger partial charge in [-0.3, -0.25) is 4.68 Å². The normalized spacial score (nSPS) is 14.0. The number of esters is 1. The van der Waals surface area contributed by atoms with Crippen LogP contribution < -0.4 is 0 Å². The van der Waals surface area contributed by atoms with Gasteiger partial charge in [0.05, 0.1) is 19.8 Å². The summed E-state index contributed by atoms with van der Waals surface area (Å²) in [6, 6.07) is 0. The first-order valence-corrected chi connectivity index (χ1v) is 7.57. The molecule has 2 rings (SSSR count). The maximum absolute atomic E-state index is 12.1. The Morgan fingerprint density at radius 1 is 1.32 bits per heavy atom. The minimum atomic E-state index is -0.447. The lowest BCUT2D eigenvalue weighted by atomic mass is 10.1. The van der Waals surface area contributed by atoms with Crippen LogP contribution >= 0.6 is 0 Å². The summed E-state index contributed by atoms with van der Waals surface area (Å²) < 4.78 is 12.0. The van der Waals surface area contributed by atoms with Crippen LogP contribution in [0.1, 0.15) is 42.5 Å². The Hall–Kier alpha value is -2.05. The standard InChI is InChI=1S/C15H23N3O4/c1-5-21-14(19)13-11-8-18(15(20)22-9-10(2)3)7-6-12(11)17(4)16-13/h10H,5-9H2,1-4H3. The largest absolute Gasteiger partial charge is 0.461 e. The lowest BCUT2D eigenvalue weighted by molar-refractivity contribution is 0.0513. The zero-order valence-electron chi connectivity index (χ0n) is 13.6. The molecular formula is C15H23N3O4. The third-order valence-electron chi connectivity index (χ3n) is 3.51. The van der Waals surface area contributed by atoms with Gasteiger partial charge in [0.25, 0.3) is 0 Å². The predicted octanol–water partition coefficient (Wildman–Crippen LogP) is 1.75. The summed E-state index contributed by atoms with van der Waals surface area (Å²) >= 11 is 0. The van der Waals surface area contributed by atoms with Crippen molar-refractivity contribution in [3.05, 3.63) is 17.0 Å². The van der Waals surface area contributed by atoms with Crippen LogP contribution in [0.2, 0.25) is 0 Å². The molecule has 1 amide bonds. The number of hydrogen-bond donors (Lipinski definition) is 0. The second kappa shape index (κ2) is 6.81. The van der Waals surface area contributed by atoms with Crippen LogP contribution in [0.3, 0.4) is 0 Å². The molecule has 7 nitrogen and oxygen atoms in total. The Balaban J connectivity index is 2.14. The monoisotopic (exact) mass is 309 g/mol. The third kappa shape index (κ3) is 3.40. The van der Waals surface area contributed by atoms with Crippen LogP contribution in [-0.2, 0) is 29.5 Å². The average molecular weight is 309 g/mol. The highest BCUT2D eigenvalue weighted by molar-refractivity contribution is 5.89. The van der Waals surface area contributed by atoms with Gasteiger partial charge in [0.15, 0.2) is 5.69 Å². The van der Waals surface area contributed by atoms with E-state index < -0.39 is 5.97 Å². The maximum Gasteiger partial charge on any atom is 0.410 e. The molecule has 0 unspecified atom stereocenters.